The molecule has 0 saturated heterocycles. The molecule has 1 N–H and O–H groups in total. The molecule has 0 radical (unpaired) electrons. The van der Waals surface area contributed by atoms with E-state index < -0.39 is 5.41 Å². The van der Waals surface area contributed by atoms with Crippen LogP contribution in [0.3, 0.4) is 0 Å². The Balaban J connectivity index is 1.37. The van der Waals surface area contributed by atoms with Gasteiger partial charge in [-0.05, 0) is 109 Å². The normalized spacial score (nSPS) is 44.5. The number of aromatic nitrogens is 1. The molecule has 41 heavy (non-hydrogen) atoms. The second-order valence-corrected chi connectivity index (χ2v) is 16.7. The van der Waals surface area contributed by atoms with E-state index in [9.17, 15) is 9.59 Å². The van der Waals surface area contributed by atoms with Crippen LogP contribution in [0.15, 0.2) is 35.9 Å². The highest BCUT2D eigenvalue weighted by Crippen LogP contribution is 2.75. The first kappa shape index (κ1) is 27.5. The van der Waals surface area contributed by atoms with Gasteiger partial charge in [-0.3, -0.25) is 9.59 Å². The lowest BCUT2D eigenvalue weighted by Crippen LogP contribution is -2.66. The molecule has 0 spiro atoms. The molecule has 0 bridgehead atoms. The first-order chi connectivity index (χ1) is 19.1. The highest BCUT2D eigenvalue weighted by molar-refractivity contribution is 5.96. The van der Waals surface area contributed by atoms with Crippen LogP contribution in [0, 0.1) is 44.8 Å². The fourth-order valence-corrected chi connectivity index (χ4v) is 11.9. The van der Waals surface area contributed by atoms with Crippen LogP contribution >= 0.6 is 0 Å². The number of para-hydroxylation sites is 1. The summed E-state index contributed by atoms with van der Waals surface area (Å²) in [5.41, 5.74) is 4.72. The van der Waals surface area contributed by atoms with E-state index in [1.54, 1.807) is 0 Å². The highest BCUT2D eigenvalue weighted by Gasteiger charge is 2.70. The molecule has 0 aliphatic heterocycles. The molecule has 1 aromatic carbocycles. The Hall–Kier alpha value is -2.36. The van der Waals surface area contributed by atoms with Gasteiger partial charge in [0, 0.05) is 27.9 Å². The van der Waals surface area contributed by atoms with Gasteiger partial charge >= 0.3 is 5.97 Å². The smallest absolute Gasteiger partial charge is 0.311 e. The summed E-state index contributed by atoms with van der Waals surface area (Å²) in [7, 11) is 1.52. The molecule has 2 aromatic rings. The minimum absolute atomic E-state index is 0.0106. The average Bonchev–Trinajstić information content (AvgIpc) is 3.29. The monoisotopic (exact) mass is 555 g/mol. The lowest BCUT2D eigenvalue weighted by atomic mass is 9.33. The van der Waals surface area contributed by atoms with Crippen molar-refractivity contribution in [3.8, 4) is 0 Å². The van der Waals surface area contributed by atoms with Gasteiger partial charge in [-0.15, -0.1) is 0 Å². The minimum Gasteiger partial charge on any atom is -0.469 e. The Kier molecular flexibility index (Phi) is 5.47. The molecular weight excluding hydrogens is 506 g/mol. The second kappa shape index (κ2) is 8.17. The molecule has 5 aliphatic carbocycles. The third kappa shape index (κ3) is 3.23. The maximum Gasteiger partial charge on any atom is 0.311 e. The average molecular weight is 556 g/mol. The van der Waals surface area contributed by atoms with Crippen LogP contribution in [0.1, 0.15) is 105 Å². The number of aromatic amines is 1. The van der Waals surface area contributed by atoms with Crippen LogP contribution < -0.4 is 0 Å². The molecule has 8 atom stereocenters. The number of rotatable bonds is 1. The van der Waals surface area contributed by atoms with Crippen molar-refractivity contribution >= 4 is 22.7 Å². The summed E-state index contributed by atoms with van der Waals surface area (Å²) < 4.78 is 5.31. The zero-order chi connectivity index (χ0) is 29.4. The second-order valence-electron chi connectivity index (χ2n) is 16.7. The minimum atomic E-state index is -0.485. The van der Waals surface area contributed by atoms with Crippen LogP contribution in [-0.4, -0.2) is 23.8 Å². The maximum absolute atomic E-state index is 14.8. The predicted octanol–water partition coefficient (Wildman–Crippen LogP) is 8.34. The number of hydrogen-bond donors (Lipinski definition) is 1. The lowest BCUT2D eigenvalue weighted by Gasteiger charge is -2.70. The fraction of sp³-hybridized carbons (Fsp3) is 0.676. The molecule has 7 rings (SSSR count). The van der Waals surface area contributed by atoms with E-state index in [-0.39, 0.29) is 44.9 Å². The van der Waals surface area contributed by atoms with Crippen molar-refractivity contribution in [3.63, 3.8) is 0 Å². The third-order valence-corrected chi connectivity index (χ3v) is 14.4. The largest absolute Gasteiger partial charge is 0.469 e. The quantitative estimate of drug-likeness (QED) is 0.360. The van der Waals surface area contributed by atoms with Crippen LogP contribution in [-0.2, 0) is 26.2 Å². The zero-order valence-corrected chi connectivity index (χ0v) is 26.5. The number of hydrogen-bond acceptors (Lipinski definition) is 3. The SMILES string of the molecule is COC(=O)[C@@]1(C)CC[C@]2(C)CC[C@]3(C)C(=CC(=O)C4[C@@]5(C)Cc6c([nH]c7ccccc67)C(C)(C)C5CC[C@]43C)C2C1. The molecule has 3 fully saturated rings. The van der Waals surface area contributed by atoms with Crippen molar-refractivity contribution < 1.29 is 14.3 Å². The van der Waals surface area contributed by atoms with Gasteiger partial charge in [-0.2, -0.15) is 0 Å². The molecule has 4 nitrogen and oxygen atoms in total. The van der Waals surface area contributed by atoms with Crippen LogP contribution in [0.5, 0.6) is 0 Å². The molecule has 1 aromatic heterocycles. The van der Waals surface area contributed by atoms with Crippen molar-refractivity contribution in [2.75, 3.05) is 7.11 Å². The van der Waals surface area contributed by atoms with Gasteiger partial charge in [0.1, 0.15) is 0 Å². The van der Waals surface area contributed by atoms with Crippen LogP contribution in [0.25, 0.3) is 10.9 Å². The Morgan fingerprint density at radius 3 is 2.39 bits per heavy atom. The molecule has 3 saturated carbocycles. The first-order valence-corrected chi connectivity index (χ1v) is 16.1. The van der Waals surface area contributed by atoms with Crippen molar-refractivity contribution in [2.24, 2.45) is 44.8 Å². The standard InChI is InChI=1S/C37H49NO3/c1-32(2)28-13-14-37(7)29(35(28,5)20-23-22-11-9-10-12-26(22)38-30(23)32)27(39)19-24-25-21-34(4,31(40)41-8)16-15-33(25,3)17-18-36(24,37)6/h9-12,19,25,28-29,38H,13-18,20-21H2,1-8H3/t25?,28?,29?,33-,34+,35+,36-,37-/m1/s1. The number of fused-ring (bicyclic) bond motifs is 10. The van der Waals surface area contributed by atoms with Gasteiger partial charge in [0.15, 0.2) is 5.78 Å². The van der Waals surface area contributed by atoms with E-state index >= 15 is 0 Å². The summed E-state index contributed by atoms with van der Waals surface area (Å²) in [6.07, 6.45) is 10.3. The van der Waals surface area contributed by atoms with Crippen molar-refractivity contribution in [1.82, 2.24) is 4.98 Å². The fourth-order valence-electron chi connectivity index (χ4n) is 11.9. The van der Waals surface area contributed by atoms with E-state index in [1.165, 1.54) is 34.8 Å². The molecule has 5 aliphatic rings. The number of benzene rings is 1. The number of carbonyl (C=O) groups is 2. The summed E-state index contributed by atoms with van der Waals surface area (Å²) >= 11 is 0. The topological polar surface area (TPSA) is 59.2 Å². The highest BCUT2D eigenvalue weighted by atomic mass is 16.5. The Bertz CT molecular complexity index is 1510. The first-order valence-electron chi connectivity index (χ1n) is 16.1. The molecule has 1 heterocycles. The third-order valence-electron chi connectivity index (χ3n) is 14.4. The molecule has 4 heteroatoms. The Labute approximate surface area is 246 Å². The molecular formula is C37H49NO3. The summed E-state index contributed by atoms with van der Waals surface area (Å²) in [6.45, 7) is 16.8. The van der Waals surface area contributed by atoms with Gasteiger partial charge in [0.2, 0.25) is 0 Å². The number of esters is 1. The molecule has 220 valence electrons. The Morgan fingerprint density at radius 1 is 0.951 bits per heavy atom. The van der Waals surface area contributed by atoms with E-state index in [4.69, 9.17) is 4.74 Å². The van der Waals surface area contributed by atoms with Gasteiger partial charge in [-0.25, -0.2) is 0 Å². The van der Waals surface area contributed by atoms with E-state index in [0.717, 1.165) is 51.4 Å². The number of allylic oxidation sites excluding steroid dienone is 2. The summed E-state index contributed by atoms with van der Waals surface area (Å²) in [4.78, 5) is 31.6. The predicted molar refractivity (Wildman–Crippen MR) is 163 cm³/mol. The number of methoxy groups -OCH3 is 1. The number of H-pyrrole nitrogens is 1. The van der Waals surface area contributed by atoms with Crippen molar-refractivity contribution in [3.05, 3.63) is 47.2 Å². The van der Waals surface area contributed by atoms with E-state index in [0.29, 0.717) is 11.7 Å². The number of ketones is 1. The number of carbonyl (C=O) groups excluding carboxylic acids is 2. The number of ether oxygens (including phenoxy) is 1. The number of nitrogens with one attached hydrogen (secondary N) is 1. The van der Waals surface area contributed by atoms with Gasteiger partial charge in [0.25, 0.3) is 0 Å². The summed E-state index contributed by atoms with van der Waals surface area (Å²) in [6, 6.07) is 8.73. The van der Waals surface area contributed by atoms with Crippen LogP contribution in [0.4, 0.5) is 0 Å². The molecule has 3 unspecified atom stereocenters. The van der Waals surface area contributed by atoms with Gasteiger partial charge in [0.05, 0.1) is 12.5 Å². The van der Waals surface area contributed by atoms with Gasteiger partial charge < -0.3 is 9.72 Å². The maximum atomic E-state index is 14.8. The lowest BCUT2D eigenvalue weighted by molar-refractivity contribution is -0.174. The van der Waals surface area contributed by atoms with Crippen molar-refractivity contribution in [1.29, 1.82) is 0 Å². The molecule has 0 amide bonds. The van der Waals surface area contributed by atoms with Gasteiger partial charge in [-0.1, -0.05) is 65.3 Å². The Morgan fingerprint density at radius 2 is 1.66 bits per heavy atom. The van der Waals surface area contributed by atoms with Crippen LogP contribution in [0.2, 0.25) is 0 Å². The van der Waals surface area contributed by atoms with E-state index in [1.807, 2.05) is 0 Å². The van der Waals surface area contributed by atoms with E-state index in [2.05, 4.69) is 83.8 Å². The summed E-state index contributed by atoms with van der Waals surface area (Å²) in [5, 5.41) is 1.32. The zero-order valence-electron chi connectivity index (χ0n) is 26.5. The summed E-state index contributed by atoms with van der Waals surface area (Å²) in [5.74, 6) is 0.923. The van der Waals surface area contributed by atoms with Crippen molar-refractivity contribution in [2.45, 2.75) is 105 Å².